The fraction of sp³-hybridized carbons (Fsp3) is 0.611. The molecule has 2 heterocycles. The van der Waals surface area contributed by atoms with E-state index in [-0.39, 0.29) is 11.8 Å². The van der Waals surface area contributed by atoms with Gasteiger partial charge in [0.25, 0.3) is 5.91 Å². The van der Waals surface area contributed by atoms with Gasteiger partial charge in [-0.2, -0.15) is 0 Å². The maximum absolute atomic E-state index is 12.7. The summed E-state index contributed by atoms with van der Waals surface area (Å²) in [4.78, 5) is 34.3. The van der Waals surface area contributed by atoms with Crippen LogP contribution in [-0.2, 0) is 4.79 Å². The average Bonchev–Trinajstić information content (AvgIpc) is 2.61. The molecular formula is C18H28N4O2. The molecule has 2 rings (SSSR count). The molecule has 6 heteroatoms. The molecule has 1 saturated heterocycles. The summed E-state index contributed by atoms with van der Waals surface area (Å²) in [6.45, 7) is 10.3. The Kier molecular flexibility index (Phi) is 6.58. The molecule has 1 aliphatic rings. The first-order chi connectivity index (χ1) is 11.6. The van der Waals surface area contributed by atoms with Crippen molar-refractivity contribution in [2.24, 2.45) is 0 Å². The average molecular weight is 332 g/mol. The molecule has 1 aromatic heterocycles. The van der Waals surface area contributed by atoms with Crippen molar-refractivity contribution in [2.45, 2.75) is 33.6 Å². The second-order valence-corrected chi connectivity index (χ2v) is 6.22. The van der Waals surface area contributed by atoms with E-state index in [0.717, 1.165) is 44.7 Å². The predicted octanol–water partition coefficient (Wildman–Crippen LogP) is 2.01. The number of carbonyl (C=O) groups is 2. The molecular weight excluding hydrogens is 304 g/mol. The lowest BCUT2D eigenvalue weighted by Crippen LogP contribution is -2.48. The van der Waals surface area contributed by atoms with E-state index in [9.17, 15) is 9.59 Å². The Morgan fingerprint density at radius 3 is 2.25 bits per heavy atom. The van der Waals surface area contributed by atoms with Crippen LogP contribution in [-0.4, -0.2) is 65.9 Å². The molecule has 0 unspecified atom stereocenters. The molecule has 0 radical (unpaired) electrons. The standard InChI is InChI=1S/C18H28N4O2/c1-4-6-22(7-5-2)18(24)16-12-17(14-19-13-16)21-10-8-20(9-11-21)15(3)23/h12-14H,4-11H2,1-3H3. The van der Waals surface area contributed by atoms with Crippen LogP contribution >= 0.6 is 0 Å². The van der Waals surface area contributed by atoms with E-state index in [1.54, 1.807) is 19.3 Å². The second kappa shape index (κ2) is 8.66. The lowest BCUT2D eigenvalue weighted by atomic mass is 10.2. The summed E-state index contributed by atoms with van der Waals surface area (Å²) in [6.07, 6.45) is 5.35. The van der Waals surface area contributed by atoms with E-state index >= 15 is 0 Å². The van der Waals surface area contributed by atoms with Gasteiger partial charge in [-0.05, 0) is 18.9 Å². The zero-order valence-corrected chi connectivity index (χ0v) is 15.0. The molecule has 6 nitrogen and oxygen atoms in total. The number of pyridine rings is 1. The number of rotatable bonds is 6. The highest BCUT2D eigenvalue weighted by Gasteiger charge is 2.21. The Labute approximate surface area is 144 Å². The van der Waals surface area contributed by atoms with Gasteiger partial charge < -0.3 is 14.7 Å². The molecule has 1 fully saturated rings. The van der Waals surface area contributed by atoms with Gasteiger partial charge in [0.05, 0.1) is 17.4 Å². The molecule has 0 saturated carbocycles. The minimum absolute atomic E-state index is 0.0513. The molecule has 0 aromatic carbocycles. The van der Waals surface area contributed by atoms with Crippen LogP contribution < -0.4 is 4.90 Å². The molecule has 2 amide bonds. The predicted molar refractivity (Wildman–Crippen MR) is 95.2 cm³/mol. The quantitative estimate of drug-likeness (QED) is 0.800. The van der Waals surface area contributed by atoms with E-state index in [2.05, 4.69) is 23.7 Å². The fourth-order valence-corrected chi connectivity index (χ4v) is 3.03. The highest BCUT2D eigenvalue weighted by Crippen LogP contribution is 2.18. The summed E-state index contributed by atoms with van der Waals surface area (Å²) < 4.78 is 0. The normalized spacial score (nSPS) is 14.6. The summed E-state index contributed by atoms with van der Waals surface area (Å²) >= 11 is 0. The molecule has 0 bridgehead atoms. The number of hydrogen-bond donors (Lipinski definition) is 0. The zero-order chi connectivity index (χ0) is 17.5. The molecule has 1 aromatic rings. The summed E-state index contributed by atoms with van der Waals surface area (Å²) in [5.41, 5.74) is 1.60. The van der Waals surface area contributed by atoms with E-state index in [1.165, 1.54) is 0 Å². The third kappa shape index (κ3) is 4.46. The SMILES string of the molecule is CCCN(CCC)C(=O)c1cncc(N2CCN(C(C)=O)CC2)c1. The second-order valence-electron chi connectivity index (χ2n) is 6.22. The van der Waals surface area contributed by atoms with Crippen molar-refractivity contribution in [3.05, 3.63) is 24.0 Å². The Balaban J connectivity index is 2.08. The minimum Gasteiger partial charge on any atom is -0.367 e. The Bertz CT molecular complexity index is 562. The van der Waals surface area contributed by atoms with Gasteiger partial charge in [0.15, 0.2) is 0 Å². The number of hydrogen-bond acceptors (Lipinski definition) is 4. The van der Waals surface area contributed by atoms with Crippen molar-refractivity contribution in [3.8, 4) is 0 Å². The van der Waals surface area contributed by atoms with Crippen molar-refractivity contribution < 1.29 is 9.59 Å². The maximum Gasteiger partial charge on any atom is 0.255 e. The molecule has 0 atom stereocenters. The third-order valence-corrected chi connectivity index (χ3v) is 4.34. The van der Waals surface area contributed by atoms with Crippen LogP contribution in [0.15, 0.2) is 18.5 Å². The van der Waals surface area contributed by atoms with Crippen LogP contribution in [0.3, 0.4) is 0 Å². The maximum atomic E-state index is 12.7. The molecule has 1 aliphatic heterocycles. The fourth-order valence-electron chi connectivity index (χ4n) is 3.03. The van der Waals surface area contributed by atoms with Crippen LogP contribution in [0.5, 0.6) is 0 Å². The lowest BCUT2D eigenvalue weighted by Gasteiger charge is -2.35. The molecule has 0 N–H and O–H groups in total. The number of nitrogens with zero attached hydrogens (tertiary/aromatic N) is 4. The molecule has 0 spiro atoms. The summed E-state index contributed by atoms with van der Waals surface area (Å²) in [6, 6.07) is 1.93. The first-order valence-corrected chi connectivity index (χ1v) is 8.81. The van der Waals surface area contributed by atoms with Gasteiger partial charge in [-0.25, -0.2) is 0 Å². The van der Waals surface area contributed by atoms with Crippen LogP contribution in [0.1, 0.15) is 44.0 Å². The Hall–Kier alpha value is -2.11. The third-order valence-electron chi connectivity index (χ3n) is 4.34. The number of carbonyl (C=O) groups excluding carboxylic acids is 2. The Morgan fingerprint density at radius 2 is 1.71 bits per heavy atom. The highest BCUT2D eigenvalue weighted by atomic mass is 16.2. The van der Waals surface area contributed by atoms with Crippen LogP contribution in [0.25, 0.3) is 0 Å². The smallest absolute Gasteiger partial charge is 0.255 e. The number of aromatic nitrogens is 1. The summed E-state index contributed by atoms with van der Waals surface area (Å²) in [5.74, 6) is 0.168. The van der Waals surface area contributed by atoms with Crippen LogP contribution in [0, 0.1) is 0 Å². The number of amides is 2. The largest absolute Gasteiger partial charge is 0.367 e. The first kappa shape index (κ1) is 18.2. The van der Waals surface area contributed by atoms with E-state index in [0.29, 0.717) is 18.7 Å². The van der Waals surface area contributed by atoms with E-state index in [1.807, 2.05) is 15.9 Å². The highest BCUT2D eigenvalue weighted by molar-refractivity contribution is 5.94. The minimum atomic E-state index is 0.0513. The lowest BCUT2D eigenvalue weighted by molar-refractivity contribution is -0.129. The van der Waals surface area contributed by atoms with Crippen LogP contribution in [0.4, 0.5) is 5.69 Å². The van der Waals surface area contributed by atoms with Gasteiger partial charge in [0, 0.05) is 52.4 Å². The zero-order valence-electron chi connectivity index (χ0n) is 15.0. The van der Waals surface area contributed by atoms with Gasteiger partial charge in [-0.15, -0.1) is 0 Å². The topological polar surface area (TPSA) is 56.8 Å². The molecule has 24 heavy (non-hydrogen) atoms. The van der Waals surface area contributed by atoms with Gasteiger partial charge in [-0.1, -0.05) is 13.8 Å². The van der Waals surface area contributed by atoms with Crippen molar-refractivity contribution in [2.75, 3.05) is 44.2 Å². The van der Waals surface area contributed by atoms with Crippen molar-refractivity contribution >= 4 is 17.5 Å². The number of anilines is 1. The monoisotopic (exact) mass is 332 g/mol. The van der Waals surface area contributed by atoms with E-state index in [4.69, 9.17) is 0 Å². The van der Waals surface area contributed by atoms with Crippen LogP contribution in [0.2, 0.25) is 0 Å². The van der Waals surface area contributed by atoms with Gasteiger partial charge >= 0.3 is 0 Å². The van der Waals surface area contributed by atoms with Crippen molar-refractivity contribution in [3.63, 3.8) is 0 Å². The number of piperazine rings is 1. The summed E-state index contributed by atoms with van der Waals surface area (Å²) in [5, 5.41) is 0. The van der Waals surface area contributed by atoms with Gasteiger partial charge in [0.2, 0.25) is 5.91 Å². The van der Waals surface area contributed by atoms with Crippen molar-refractivity contribution in [1.82, 2.24) is 14.8 Å². The van der Waals surface area contributed by atoms with Gasteiger partial charge in [0.1, 0.15) is 0 Å². The first-order valence-electron chi connectivity index (χ1n) is 8.81. The molecule has 0 aliphatic carbocycles. The van der Waals surface area contributed by atoms with Crippen molar-refractivity contribution in [1.29, 1.82) is 0 Å². The van der Waals surface area contributed by atoms with E-state index < -0.39 is 0 Å². The Morgan fingerprint density at radius 1 is 1.08 bits per heavy atom. The molecule has 132 valence electrons. The summed E-state index contributed by atoms with van der Waals surface area (Å²) in [7, 11) is 0. The van der Waals surface area contributed by atoms with Gasteiger partial charge in [-0.3, -0.25) is 14.6 Å².